The Morgan fingerprint density at radius 3 is 2.15 bits per heavy atom. The summed E-state index contributed by atoms with van der Waals surface area (Å²) in [6.45, 7) is 7.02. The fourth-order valence-corrected chi connectivity index (χ4v) is 10.0. The van der Waals surface area contributed by atoms with Crippen LogP contribution in [0.25, 0.3) is 0 Å². The van der Waals surface area contributed by atoms with Crippen LogP contribution in [0.3, 0.4) is 0 Å². The Balaban J connectivity index is 1.15. The van der Waals surface area contributed by atoms with Crippen molar-refractivity contribution >= 4 is 40.7 Å². The molecule has 0 aromatic heterocycles. The highest BCUT2D eigenvalue weighted by molar-refractivity contribution is 6.08. The van der Waals surface area contributed by atoms with Gasteiger partial charge in [-0.3, -0.25) is 19.2 Å². The van der Waals surface area contributed by atoms with Crippen molar-refractivity contribution in [3.8, 4) is 0 Å². The highest BCUT2D eigenvalue weighted by atomic mass is 16.5. The number of hydrogen-bond donors (Lipinski definition) is 2. The van der Waals surface area contributed by atoms with Crippen LogP contribution in [0.4, 0.5) is 17.1 Å². The number of piperidine rings is 2. The molecule has 11 nitrogen and oxygen atoms in total. The average Bonchev–Trinajstić information content (AvgIpc) is 3.60. The summed E-state index contributed by atoms with van der Waals surface area (Å²) in [7, 11) is 0. The van der Waals surface area contributed by atoms with Crippen molar-refractivity contribution in [2.75, 3.05) is 34.4 Å². The van der Waals surface area contributed by atoms with Gasteiger partial charge in [-0.15, -0.1) is 0 Å². The molecule has 0 saturated carbocycles. The molecular weight excluding hydrogens is 697 g/mol. The minimum Gasteiger partial charge on any atom is -0.394 e. The zero-order valence-corrected chi connectivity index (χ0v) is 32.1. The van der Waals surface area contributed by atoms with Crippen molar-refractivity contribution < 1.29 is 34.1 Å². The van der Waals surface area contributed by atoms with E-state index in [1.165, 1.54) is 0 Å². The Morgan fingerprint density at radius 1 is 0.873 bits per heavy atom. The molecule has 0 bridgehead atoms. The number of hydrogen-bond acceptors (Lipinski definition) is 7. The fraction of sp³-hybridized carbons (Fsp3) is 0.500. The van der Waals surface area contributed by atoms with E-state index in [0.717, 1.165) is 48.1 Å². The van der Waals surface area contributed by atoms with E-state index in [1.54, 1.807) is 28.5 Å². The average molecular weight is 749 g/mol. The highest BCUT2D eigenvalue weighted by Crippen LogP contribution is 2.58. The Hall–Kier alpha value is -4.58. The summed E-state index contributed by atoms with van der Waals surface area (Å²) in [4.78, 5) is 62.3. The van der Waals surface area contributed by atoms with Crippen molar-refractivity contribution in [3.63, 3.8) is 0 Å². The van der Waals surface area contributed by atoms with E-state index in [9.17, 15) is 24.6 Å². The maximum Gasteiger partial charge on any atom is 0.264 e. The van der Waals surface area contributed by atoms with Gasteiger partial charge in [-0.1, -0.05) is 43.3 Å². The Labute approximate surface area is 322 Å². The van der Waals surface area contributed by atoms with Crippen molar-refractivity contribution in [3.05, 3.63) is 89.0 Å². The predicted octanol–water partition coefficient (Wildman–Crippen LogP) is 5.22. The van der Waals surface area contributed by atoms with Gasteiger partial charge in [0, 0.05) is 61.2 Å². The van der Waals surface area contributed by atoms with Gasteiger partial charge in [0.25, 0.3) is 5.91 Å². The summed E-state index contributed by atoms with van der Waals surface area (Å²) < 4.78 is 7.04. The van der Waals surface area contributed by atoms with E-state index in [0.29, 0.717) is 55.8 Å². The van der Waals surface area contributed by atoms with Gasteiger partial charge < -0.3 is 34.5 Å². The molecule has 55 heavy (non-hydrogen) atoms. The number of aliphatic hydroxyl groups is 2. The second-order valence-corrected chi connectivity index (χ2v) is 16.7. The van der Waals surface area contributed by atoms with Crippen molar-refractivity contribution in [1.82, 2.24) is 4.90 Å². The summed E-state index contributed by atoms with van der Waals surface area (Å²) in [5, 5.41) is 22.1. The molecule has 1 spiro atoms. The summed E-state index contributed by atoms with van der Waals surface area (Å²) in [6.07, 6.45) is 4.21. The van der Waals surface area contributed by atoms with Crippen LogP contribution in [0, 0.1) is 11.8 Å². The van der Waals surface area contributed by atoms with Gasteiger partial charge in [-0.25, -0.2) is 0 Å². The fourth-order valence-electron chi connectivity index (χ4n) is 10.0. The van der Waals surface area contributed by atoms with Gasteiger partial charge in [0.05, 0.1) is 43.0 Å². The largest absolute Gasteiger partial charge is 0.394 e. The molecule has 2 N–H and O–H groups in total. The van der Waals surface area contributed by atoms with Crippen LogP contribution in [-0.4, -0.2) is 76.2 Å². The molecule has 8 rings (SSSR count). The summed E-state index contributed by atoms with van der Waals surface area (Å²) >= 11 is 0. The molecule has 3 aromatic rings. The molecule has 5 aliphatic rings. The molecule has 0 unspecified atom stereocenters. The maximum atomic E-state index is 15.2. The number of anilines is 3. The standard InChI is InChI=1S/C44H52N4O7/c1-28-41(43(2,3)54)37(24-40(52)47-26-31-11-5-4-10-30(31)22-34(47)27-49)55-44(28)35-23-33(46-21-9-7-13-39(46)51)18-19-36(35)48(42(44)53)25-29-14-16-32(17-15-29)45-20-8-6-12-38(45)50/h4-5,10-11,14-19,23,28,34,37,41,49,54H,6-9,12-13,20-22,24-27H2,1-3H3/t28-,34-,37+,41-,44+/m0/s1. The molecule has 5 heterocycles. The first-order chi connectivity index (χ1) is 26.4. The summed E-state index contributed by atoms with van der Waals surface area (Å²) in [6, 6.07) is 21.0. The molecule has 3 aromatic carbocycles. The van der Waals surface area contributed by atoms with Gasteiger partial charge in [0.2, 0.25) is 17.7 Å². The van der Waals surface area contributed by atoms with Crippen LogP contribution in [0.1, 0.15) is 88.0 Å². The topological polar surface area (TPSA) is 131 Å². The minimum atomic E-state index is -1.54. The number of amides is 4. The molecule has 3 saturated heterocycles. The Bertz CT molecular complexity index is 1990. The van der Waals surface area contributed by atoms with Crippen molar-refractivity contribution in [2.24, 2.45) is 11.8 Å². The van der Waals surface area contributed by atoms with E-state index in [-0.39, 0.29) is 43.2 Å². The molecule has 290 valence electrons. The smallest absolute Gasteiger partial charge is 0.264 e. The van der Waals surface area contributed by atoms with Gasteiger partial charge in [0.15, 0.2) is 5.60 Å². The van der Waals surface area contributed by atoms with Gasteiger partial charge in [-0.2, -0.15) is 0 Å². The van der Waals surface area contributed by atoms with Crippen LogP contribution in [0.5, 0.6) is 0 Å². The normalized spacial score (nSPS) is 26.9. The first-order valence-corrected chi connectivity index (χ1v) is 19.9. The van der Waals surface area contributed by atoms with Gasteiger partial charge in [-0.05, 0) is 93.0 Å². The Morgan fingerprint density at radius 2 is 1.51 bits per heavy atom. The van der Waals surface area contributed by atoms with Crippen LogP contribution < -0.4 is 14.7 Å². The van der Waals surface area contributed by atoms with Crippen LogP contribution in [0.15, 0.2) is 66.7 Å². The van der Waals surface area contributed by atoms with Crippen LogP contribution in [-0.2, 0) is 49.0 Å². The minimum absolute atomic E-state index is 0.0356. The molecule has 3 fully saturated rings. The van der Waals surface area contributed by atoms with Crippen molar-refractivity contribution in [2.45, 2.75) is 109 Å². The second kappa shape index (κ2) is 14.5. The van der Waals surface area contributed by atoms with Crippen molar-refractivity contribution in [1.29, 1.82) is 0 Å². The summed E-state index contributed by atoms with van der Waals surface area (Å²) in [5.41, 5.74) is 2.97. The first-order valence-electron chi connectivity index (χ1n) is 19.9. The molecule has 5 atom stereocenters. The summed E-state index contributed by atoms with van der Waals surface area (Å²) in [5.74, 6) is -1.51. The number of nitrogens with zero attached hydrogens (tertiary/aromatic N) is 4. The SMILES string of the molecule is C[C@H]1[C@H](C(C)(C)O)[C@@H](CC(=O)N2Cc3ccccc3C[C@H]2CO)O[C@]12C(=O)N(Cc1ccc(N3CCCCC3=O)cc1)c1ccc(N3CCCCC3=O)cc12. The molecule has 0 radical (unpaired) electrons. The number of benzene rings is 3. The Kier molecular flexibility index (Phi) is 9.84. The van der Waals surface area contributed by atoms with E-state index in [2.05, 4.69) is 0 Å². The number of rotatable bonds is 8. The van der Waals surface area contributed by atoms with Gasteiger partial charge >= 0.3 is 0 Å². The molecule has 11 heteroatoms. The maximum absolute atomic E-state index is 15.2. The second-order valence-electron chi connectivity index (χ2n) is 16.7. The lowest BCUT2D eigenvalue weighted by atomic mass is 9.70. The molecule has 0 aliphatic carbocycles. The zero-order valence-electron chi connectivity index (χ0n) is 32.1. The lowest BCUT2D eigenvalue weighted by Crippen LogP contribution is -2.48. The number of ether oxygens (including phenoxy) is 1. The van der Waals surface area contributed by atoms with E-state index >= 15 is 4.79 Å². The monoisotopic (exact) mass is 748 g/mol. The third kappa shape index (κ3) is 6.53. The van der Waals surface area contributed by atoms with Crippen LogP contribution in [0.2, 0.25) is 0 Å². The molecular formula is C44H52N4O7. The first kappa shape index (κ1) is 37.3. The van der Waals surface area contributed by atoms with Gasteiger partial charge in [0.1, 0.15) is 0 Å². The van der Waals surface area contributed by atoms with E-state index in [1.807, 2.05) is 78.6 Å². The number of aliphatic hydroxyl groups excluding tert-OH is 1. The lowest BCUT2D eigenvalue weighted by Gasteiger charge is -2.38. The van der Waals surface area contributed by atoms with E-state index < -0.39 is 35.2 Å². The quantitative estimate of drug-likeness (QED) is 0.323. The number of carbonyl (C=O) groups excluding carboxylic acids is 4. The third-order valence-electron chi connectivity index (χ3n) is 12.8. The third-order valence-corrected chi connectivity index (χ3v) is 12.8. The highest BCUT2D eigenvalue weighted by Gasteiger charge is 2.66. The number of fused-ring (bicyclic) bond motifs is 3. The van der Waals surface area contributed by atoms with Crippen LogP contribution >= 0.6 is 0 Å². The predicted molar refractivity (Wildman–Crippen MR) is 208 cm³/mol. The van der Waals surface area contributed by atoms with E-state index in [4.69, 9.17) is 4.74 Å². The molecule has 5 aliphatic heterocycles. The number of carbonyl (C=O) groups is 4. The lowest BCUT2D eigenvalue weighted by molar-refractivity contribution is -0.151. The molecule has 4 amide bonds. The zero-order chi connectivity index (χ0) is 38.6.